The molecule has 0 radical (unpaired) electrons. The molecule has 3 heterocycles. The van der Waals surface area contributed by atoms with E-state index in [4.69, 9.17) is 37.5 Å². The van der Waals surface area contributed by atoms with Crippen LogP contribution in [0, 0.1) is 6.92 Å². The molecule has 5 rings (SSSR count). The fourth-order valence-electron chi connectivity index (χ4n) is 3.70. The van der Waals surface area contributed by atoms with Gasteiger partial charge in [0.25, 0.3) is 0 Å². The Kier molecular flexibility index (Phi) is 4.42. The lowest BCUT2D eigenvalue weighted by Crippen LogP contribution is -2.33. The number of benzene rings is 2. The zero-order chi connectivity index (χ0) is 19.4. The largest absolute Gasteiger partial charge is 0.464 e. The lowest BCUT2D eigenvalue weighted by atomic mass is 9.97. The number of halogens is 3. The first-order chi connectivity index (χ1) is 13.5. The Hall–Kier alpha value is -1.95. The summed E-state index contributed by atoms with van der Waals surface area (Å²) in [6.07, 6.45) is 0.276. The highest BCUT2D eigenvalue weighted by Crippen LogP contribution is 2.49. The van der Waals surface area contributed by atoms with Crippen molar-refractivity contribution in [3.63, 3.8) is 0 Å². The Morgan fingerprint density at radius 3 is 2.68 bits per heavy atom. The number of aryl methyl sites for hydroxylation is 1. The molecule has 0 amide bonds. The average molecular weight is 478 g/mol. The van der Waals surface area contributed by atoms with Crippen molar-refractivity contribution in [1.29, 1.82) is 0 Å². The summed E-state index contributed by atoms with van der Waals surface area (Å²) < 4.78 is 13.2. The molecule has 7 heteroatoms. The Balaban J connectivity index is 1.63. The fraction of sp³-hybridized carbons (Fsp3) is 0.190. The smallest absolute Gasteiger partial charge is 0.215 e. The van der Waals surface area contributed by atoms with Crippen LogP contribution in [0.2, 0.25) is 10.0 Å². The maximum Gasteiger partial charge on any atom is 0.215 e. The first kappa shape index (κ1) is 18.1. The van der Waals surface area contributed by atoms with Crippen LogP contribution in [0.5, 0.6) is 5.75 Å². The molecule has 28 heavy (non-hydrogen) atoms. The van der Waals surface area contributed by atoms with E-state index in [0.29, 0.717) is 10.0 Å². The van der Waals surface area contributed by atoms with Gasteiger partial charge in [0, 0.05) is 27.0 Å². The second-order valence-electron chi connectivity index (χ2n) is 6.88. The molecule has 3 aromatic rings. The third-order valence-electron chi connectivity index (χ3n) is 5.01. The van der Waals surface area contributed by atoms with Gasteiger partial charge in [-0.1, -0.05) is 45.2 Å². The van der Waals surface area contributed by atoms with E-state index in [2.05, 4.69) is 22.0 Å². The molecule has 2 aliphatic rings. The topological polar surface area (TPSA) is 38.0 Å². The number of ether oxygens (including phenoxy) is 1. The molecule has 0 saturated heterocycles. The van der Waals surface area contributed by atoms with E-state index in [1.54, 1.807) is 6.07 Å². The molecule has 2 atom stereocenters. The molecule has 0 saturated carbocycles. The molecule has 0 spiro atoms. The zero-order valence-electron chi connectivity index (χ0n) is 14.8. The summed E-state index contributed by atoms with van der Waals surface area (Å²) >= 11 is 16.1. The van der Waals surface area contributed by atoms with E-state index in [9.17, 15) is 0 Å². The average Bonchev–Trinajstić information content (AvgIpc) is 3.28. The molecular weight excluding hydrogens is 463 g/mol. The Labute approximate surface area is 180 Å². The standard InChI is InChI=1S/C21H15BrCl2N2O2/c1-11-2-6-20(27-11)17-10-18-15-8-12(22)3-7-19(15)28-21(26(18)25-17)14-5-4-13(23)9-16(14)24/h2-9,18,21H,10H2,1H3. The molecule has 2 aromatic carbocycles. The molecule has 0 bridgehead atoms. The molecule has 0 aliphatic carbocycles. The number of rotatable bonds is 2. The second kappa shape index (κ2) is 6.83. The van der Waals surface area contributed by atoms with Crippen LogP contribution in [0.15, 0.2) is 62.5 Å². The van der Waals surface area contributed by atoms with Crippen LogP contribution >= 0.6 is 39.1 Å². The minimum absolute atomic E-state index is 0.0263. The monoisotopic (exact) mass is 476 g/mol. The van der Waals surface area contributed by atoms with Crippen molar-refractivity contribution < 1.29 is 9.15 Å². The van der Waals surface area contributed by atoms with Gasteiger partial charge in [0.2, 0.25) is 6.23 Å². The predicted molar refractivity (Wildman–Crippen MR) is 113 cm³/mol. The summed E-state index contributed by atoms with van der Waals surface area (Å²) in [7, 11) is 0. The van der Waals surface area contributed by atoms with E-state index in [1.165, 1.54) is 0 Å². The Morgan fingerprint density at radius 2 is 1.93 bits per heavy atom. The van der Waals surface area contributed by atoms with Gasteiger partial charge in [-0.15, -0.1) is 0 Å². The minimum Gasteiger partial charge on any atom is -0.464 e. The number of hydrazone groups is 1. The van der Waals surface area contributed by atoms with Crippen molar-refractivity contribution in [1.82, 2.24) is 5.01 Å². The summed E-state index contributed by atoms with van der Waals surface area (Å²) in [6.45, 7) is 1.93. The lowest BCUT2D eigenvalue weighted by molar-refractivity contribution is -0.0190. The Bertz CT molecular complexity index is 1110. The highest BCUT2D eigenvalue weighted by Gasteiger charge is 2.42. The molecular formula is C21H15BrCl2N2O2. The fourth-order valence-corrected chi connectivity index (χ4v) is 4.58. The van der Waals surface area contributed by atoms with Crippen molar-refractivity contribution in [2.45, 2.75) is 25.6 Å². The second-order valence-corrected chi connectivity index (χ2v) is 8.63. The van der Waals surface area contributed by atoms with Crippen LogP contribution in [-0.2, 0) is 0 Å². The van der Waals surface area contributed by atoms with E-state index in [0.717, 1.165) is 45.0 Å². The quantitative estimate of drug-likeness (QED) is 0.402. The van der Waals surface area contributed by atoms with Crippen molar-refractivity contribution in [3.05, 3.63) is 85.7 Å². The highest BCUT2D eigenvalue weighted by molar-refractivity contribution is 9.10. The molecule has 0 fully saturated rings. The highest BCUT2D eigenvalue weighted by atomic mass is 79.9. The van der Waals surface area contributed by atoms with Gasteiger partial charge < -0.3 is 9.15 Å². The van der Waals surface area contributed by atoms with Crippen LogP contribution in [0.1, 0.15) is 41.3 Å². The summed E-state index contributed by atoms with van der Waals surface area (Å²) in [5.74, 6) is 2.47. The SMILES string of the molecule is Cc1ccc(C2=NN3C(C2)c2cc(Br)ccc2OC3c2ccc(Cl)cc2Cl)o1. The number of hydrogen-bond acceptors (Lipinski definition) is 4. The molecule has 0 N–H and O–H groups in total. The van der Waals surface area contributed by atoms with Gasteiger partial charge in [-0.3, -0.25) is 0 Å². The lowest BCUT2D eigenvalue weighted by Gasteiger charge is -2.38. The van der Waals surface area contributed by atoms with Crippen molar-refractivity contribution in [2.24, 2.45) is 5.10 Å². The van der Waals surface area contributed by atoms with E-state index >= 15 is 0 Å². The van der Waals surface area contributed by atoms with Crippen LogP contribution in [0.4, 0.5) is 0 Å². The van der Waals surface area contributed by atoms with E-state index < -0.39 is 6.23 Å². The summed E-state index contributed by atoms with van der Waals surface area (Å²) in [5.41, 5.74) is 2.80. The molecule has 4 nitrogen and oxygen atoms in total. The van der Waals surface area contributed by atoms with Gasteiger partial charge in [-0.05, 0) is 49.4 Å². The predicted octanol–water partition coefficient (Wildman–Crippen LogP) is 6.90. The summed E-state index contributed by atoms with van der Waals surface area (Å²) in [5, 5.41) is 7.97. The normalized spacial score (nSPS) is 20.4. The van der Waals surface area contributed by atoms with E-state index in [-0.39, 0.29) is 6.04 Å². The first-order valence-corrected chi connectivity index (χ1v) is 10.4. The van der Waals surface area contributed by atoms with Crippen LogP contribution < -0.4 is 4.74 Å². The minimum atomic E-state index is -0.447. The Morgan fingerprint density at radius 1 is 1.07 bits per heavy atom. The maximum absolute atomic E-state index is 6.50. The van der Waals surface area contributed by atoms with Crippen molar-refractivity contribution in [2.75, 3.05) is 0 Å². The maximum atomic E-state index is 6.50. The third-order valence-corrected chi connectivity index (χ3v) is 6.06. The number of nitrogens with zero attached hydrogens (tertiary/aromatic N) is 2. The summed E-state index contributed by atoms with van der Waals surface area (Å²) in [4.78, 5) is 0. The number of furan rings is 1. The first-order valence-electron chi connectivity index (χ1n) is 8.83. The summed E-state index contributed by atoms with van der Waals surface area (Å²) in [6, 6.07) is 15.4. The van der Waals surface area contributed by atoms with Gasteiger partial charge in [-0.25, -0.2) is 5.01 Å². The van der Waals surface area contributed by atoms with E-state index in [1.807, 2.05) is 48.3 Å². The molecule has 142 valence electrons. The molecule has 1 aromatic heterocycles. The van der Waals surface area contributed by atoms with Gasteiger partial charge in [0.1, 0.15) is 23.0 Å². The van der Waals surface area contributed by atoms with Crippen LogP contribution in [0.25, 0.3) is 0 Å². The van der Waals surface area contributed by atoms with Crippen LogP contribution in [-0.4, -0.2) is 10.7 Å². The van der Waals surface area contributed by atoms with Gasteiger partial charge in [-0.2, -0.15) is 5.10 Å². The van der Waals surface area contributed by atoms with Gasteiger partial charge in [0.15, 0.2) is 0 Å². The zero-order valence-corrected chi connectivity index (χ0v) is 17.9. The van der Waals surface area contributed by atoms with Gasteiger partial charge in [0.05, 0.1) is 11.1 Å². The number of hydrogen-bond donors (Lipinski definition) is 0. The van der Waals surface area contributed by atoms with Gasteiger partial charge >= 0.3 is 0 Å². The molecule has 2 aliphatic heterocycles. The van der Waals surface area contributed by atoms with Crippen molar-refractivity contribution in [3.8, 4) is 5.75 Å². The van der Waals surface area contributed by atoms with Crippen LogP contribution in [0.3, 0.4) is 0 Å². The number of fused-ring (bicyclic) bond motifs is 3. The van der Waals surface area contributed by atoms with Crippen molar-refractivity contribution >= 4 is 44.8 Å². The molecule has 2 unspecified atom stereocenters. The third kappa shape index (κ3) is 3.02.